The number of aryl methyl sites for hydroxylation is 1. The van der Waals surface area contributed by atoms with Crippen molar-refractivity contribution >= 4 is 15.7 Å². The van der Waals surface area contributed by atoms with Crippen molar-refractivity contribution in [1.29, 1.82) is 0 Å². The number of benzene rings is 1. The average Bonchev–Trinajstić information content (AvgIpc) is 2.06. The summed E-state index contributed by atoms with van der Waals surface area (Å²) in [6, 6.07) is 7.12. The van der Waals surface area contributed by atoms with Gasteiger partial charge in [-0.15, -0.1) is 0 Å². The molecule has 0 aromatic heterocycles. The van der Waals surface area contributed by atoms with E-state index >= 15 is 0 Å². The summed E-state index contributed by atoms with van der Waals surface area (Å²) in [5, 5.41) is 0. The monoisotopic (exact) mass is 227 g/mol. The van der Waals surface area contributed by atoms with Crippen molar-refractivity contribution in [2.24, 2.45) is 5.73 Å². The van der Waals surface area contributed by atoms with Crippen molar-refractivity contribution in [3.8, 4) is 0 Å². The molecule has 0 fully saturated rings. The summed E-state index contributed by atoms with van der Waals surface area (Å²) in [5.41, 5.74) is 6.57. The van der Waals surface area contributed by atoms with Crippen LogP contribution in [0.25, 0.3) is 0 Å². The minimum absolute atomic E-state index is 0.143. The summed E-state index contributed by atoms with van der Waals surface area (Å²) in [4.78, 5) is 10.5. The first-order chi connectivity index (χ1) is 6.89. The van der Waals surface area contributed by atoms with E-state index in [0.717, 1.165) is 5.56 Å². The van der Waals surface area contributed by atoms with E-state index in [1.165, 1.54) is 0 Å². The Kier molecular flexibility index (Phi) is 3.47. The molecule has 4 nitrogen and oxygen atoms in total. The van der Waals surface area contributed by atoms with Gasteiger partial charge in [0.1, 0.15) is 5.75 Å². The second kappa shape index (κ2) is 4.44. The molecule has 0 atom stereocenters. The van der Waals surface area contributed by atoms with Crippen LogP contribution in [-0.4, -0.2) is 20.1 Å². The van der Waals surface area contributed by atoms with Crippen LogP contribution in [0.2, 0.25) is 0 Å². The summed E-state index contributed by atoms with van der Waals surface area (Å²) in [7, 11) is -3.42. The van der Waals surface area contributed by atoms with Gasteiger partial charge in [-0.3, -0.25) is 4.79 Å². The Hall–Kier alpha value is -1.36. The minimum Gasteiger partial charge on any atom is -0.369 e. The molecular weight excluding hydrogens is 214 g/mol. The molecular formula is C10H13NO3S. The highest BCUT2D eigenvalue weighted by molar-refractivity contribution is 7.91. The first-order valence-corrected chi connectivity index (χ1v) is 6.25. The zero-order valence-electron chi connectivity index (χ0n) is 8.43. The molecule has 0 aliphatic rings. The number of carbonyl (C=O) groups excluding carboxylic acids is 1. The molecule has 1 aromatic rings. The third-order valence-corrected chi connectivity index (χ3v) is 3.37. The zero-order valence-corrected chi connectivity index (χ0v) is 9.25. The van der Waals surface area contributed by atoms with Gasteiger partial charge in [-0.2, -0.15) is 0 Å². The third kappa shape index (κ3) is 4.12. The predicted molar refractivity (Wildman–Crippen MR) is 57.9 cm³/mol. The lowest BCUT2D eigenvalue weighted by Gasteiger charge is -2.02. The number of amides is 1. The van der Waals surface area contributed by atoms with Gasteiger partial charge in [-0.25, -0.2) is 8.42 Å². The van der Waals surface area contributed by atoms with Crippen molar-refractivity contribution < 1.29 is 13.2 Å². The number of hydrogen-bond donors (Lipinski definition) is 1. The molecule has 5 heteroatoms. The van der Waals surface area contributed by atoms with E-state index in [-0.39, 0.29) is 5.75 Å². The van der Waals surface area contributed by atoms with Crippen LogP contribution < -0.4 is 5.73 Å². The van der Waals surface area contributed by atoms with Gasteiger partial charge in [0.05, 0.1) is 5.75 Å². The molecule has 0 saturated carbocycles. The van der Waals surface area contributed by atoms with Gasteiger partial charge in [0.25, 0.3) is 0 Å². The van der Waals surface area contributed by atoms with Gasteiger partial charge in [0, 0.05) is 0 Å². The van der Waals surface area contributed by atoms with Gasteiger partial charge < -0.3 is 5.73 Å². The first-order valence-electron chi connectivity index (χ1n) is 4.43. The Balaban J connectivity index is 2.78. The van der Waals surface area contributed by atoms with Crippen molar-refractivity contribution in [3.63, 3.8) is 0 Å². The lowest BCUT2D eigenvalue weighted by atomic mass is 10.2. The van der Waals surface area contributed by atoms with Crippen LogP contribution in [0.5, 0.6) is 0 Å². The standard InChI is InChI=1S/C10H13NO3S/c1-8-2-4-9(5-3-8)6-15(13,14)7-10(11)12/h2-5H,6-7H2,1H3,(H2,11,12). The maximum absolute atomic E-state index is 11.4. The van der Waals surface area contributed by atoms with Crippen LogP contribution in [0.3, 0.4) is 0 Å². The molecule has 15 heavy (non-hydrogen) atoms. The summed E-state index contributed by atoms with van der Waals surface area (Å²) >= 11 is 0. The minimum atomic E-state index is -3.42. The molecule has 0 radical (unpaired) electrons. The van der Waals surface area contributed by atoms with Crippen molar-refractivity contribution in [3.05, 3.63) is 35.4 Å². The van der Waals surface area contributed by atoms with Gasteiger partial charge in [-0.1, -0.05) is 29.8 Å². The van der Waals surface area contributed by atoms with Crippen LogP contribution in [0, 0.1) is 6.92 Å². The molecule has 82 valence electrons. The van der Waals surface area contributed by atoms with E-state index < -0.39 is 21.5 Å². The number of hydrogen-bond acceptors (Lipinski definition) is 3. The average molecular weight is 227 g/mol. The molecule has 0 heterocycles. The molecule has 0 aliphatic carbocycles. The quantitative estimate of drug-likeness (QED) is 0.808. The van der Waals surface area contributed by atoms with E-state index in [0.29, 0.717) is 5.56 Å². The molecule has 1 rings (SSSR count). The molecule has 0 aliphatic heterocycles. The van der Waals surface area contributed by atoms with Crippen molar-refractivity contribution in [2.45, 2.75) is 12.7 Å². The van der Waals surface area contributed by atoms with Crippen molar-refractivity contribution in [1.82, 2.24) is 0 Å². The third-order valence-electron chi connectivity index (χ3n) is 1.87. The van der Waals surface area contributed by atoms with E-state index in [9.17, 15) is 13.2 Å². The summed E-state index contributed by atoms with van der Waals surface area (Å²) in [5.74, 6) is -1.56. The molecule has 2 N–H and O–H groups in total. The first kappa shape index (κ1) is 11.7. The van der Waals surface area contributed by atoms with Gasteiger partial charge in [0.15, 0.2) is 9.84 Å². The Morgan fingerprint density at radius 1 is 1.27 bits per heavy atom. The number of rotatable bonds is 4. The fraction of sp³-hybridized carbons (Fsp3) is 0.300. The molecule has 1 aromatic carbocycles. The van der Waals surface area contributed by atoms with E-state index in [2.05, 4.69) is 0 Å². The largest absolute Gasteiger partial charge is 0.369 e. The van der Waals surface area contributed by atoms with Gasteiger partial charge >= 0.3 is 0 Å². The number of sulfone groups is 1. The maximum atomic E-state index is 11.4. The van der Waals surface area contributed by atoms with Gasteiger partial charge in [-0.05, 0) is 12.5 Å². The smallest absolute Gasteiger partial charge is 0.232 e. The SMILES string of the molecule is Cc1ccc(CS(=O)(=O)CC(N)=O)cc1. The lowest BCUT2D eigenvalue weighted by molar-refractivity contribution is -0.115. The number of carbonyl (C=O) groups is 1. The fourth-order valence-electron chi connectivity index (χ4n) is 1.21. The molecule has 0 unspecified atom stereocenters. The second-order valence-corrected chi connectivity index (χ2v) is 5.55. The van der Waals surface area contributed by atoms with Crippen LogP contribution in [0.1, 0.15) is 11.1 Å². The molecule has 0 bridgehead atoms. The van der Waals surface area contributed by atoms with E-state index in [1.54, 1.807) is 12.1 Å². The zero-order chi connectivity index (χ0) is 11.5. The Morgan fingerprint density at radius 3 is 2.27 bits per heavy atom. The normalized spacial score (nSPS) is 11.3. The molecule has 0 saturated heterocycles. The summed E-state index contributed by atoms with van der Waals surface area (Å²) in [6.07, 6.45) is 0. The lowest BCUT2D eigenvalue weighted by Crippen LogP contribution is -2.24. The van der Waals surface area contributed by atoms with E-state index in [4.69, 9.17) is 5.73 Å². The number of nitrogens with two attached hydrogens (primary N) is 1. The van der Waals surface area contributed by atoms with Crippen LogP contribution in [0.4, 0.5) is 0 Å². The highest BCUT2D eigenvalue weighted by Crippen LogP contribution is 2.08. The fourth-order valence-corrected chi connectivity index (χ4v) is 2.44. The van der Waals surface area contributed by atoms with Crippen molar-refractivity contribution in [2.75, 3.05) is 5.75 Å². The highest BCUT2D eigenvalue weighted by Gasteiger charge is 2.14. The van der Waals surface area contributed by atoms with Crippen LogP contribution in [-0.2, 0) is 20.4 Å². The van der Waals surface area contributed by atoms with Crippen LogP contribution >= 0.6 is 0 Å². The van der Waals surface area contributed by atoms with Crippen LogP contribution in [0.15, 0.2) is 24.3 Å². The van der Waals surface area contributed by atoms with Gasteiger partial charge in [0.2, 0.25) is 5.91 Å². The second-order valence-electron chi connectivity index (χ2n) is 3.48. The van der Waals surface area contributed by atoms with E-state index in [1.807, 2.05) is 19.1 Å². The molecule has 0 spiro atoms. The predicted octanol–water partition coefficient (Wildman–Crippen LogP) is 0.395. The summed E-state index contributed by atoms with van der Waals surface area (Å²) < 4.78 is 22.8. The summed E-state index contributed by atoms with van der Waals surface area (Å²) in [6.45, 7) is 1.92. The Labute approximate surface area is 89.0 Å². The molecule has 1 amide bonds. The topological polar surface area (TPSA) is 77.2 Å². The Bertz CT molecular complexity index is 448. The highest BCUT2D eigenvalue weighted by atomic mass is 32.2. The number of primary amides is 1. The maximum Gasteiger partial charge on any atom is 0.232 e. The Morgan fingerprint density at radius 2 is 1.80 bits per heavy atom.